The minimum Gasteiger partial charge on any atom is -0.497 e. The number of aryl methyl sites for hydroxylation is 2. The first-order chi connectivity index (χ1) is 12.6. The third kappa shape index (κ3) is 3.37. The molecule has 3 rings (SSSR count). The summed E-state index contributed by atoms with van der Waals surface area (Å²) in [5.74, 6) is 1.25. The van der Waals surface area contributed by atoms with Gasteiger partial charge in [-0.25, -0.2) is 0 Å². The van der Waals surface area contributed by atoms with Crippen LogP contribution in [0.1, 0.15) is 29.3 Å². The van der Waals surface area contributed by atoms with Crippen LogP contribution in [-0.4, -0.2) is 24.7 Å². The van der Waals surface area contributed by atoms with Gasteiger partial charge in [-0.2, -0.15) is 4.99 Å². The molecule has 0 spiro atoms. The number of thiazole rings is 1. The van der Waals surface area contributed by atoms with Crippen LogP contribution in [-0.2, 0) is 6.54 Å². The Kier molecular flexibility index (Phi) is 5.42. The summed E-state index contributed by atoms with van der Waals surface area (Å²) in [6, 6.07) is 11.0. The van der Waals surface area contributed by atoms with Gasteiger partial charge < -0.3 is 14.0 Å². The Morgan fingerprint density at radius 1 is 1.12 bits per heavy atom. The maximum Gasteiger partial charge on any atom is 0.279 e. The first-order valence-electron chi connectivity index (χ1n) is 8.49. The summed E-state index contributed by atoms with van der Waals surface area (Å²) < 4.78 is 13.9. The Morgan fingerprint density at radius 2 is 1.85 bits per heavy atom. The van der Waals surface area contributed by atoms with Crippen molar-refractivity contribution in [1.29, 1.82) is 0 Å². The molecule has 0 saturated carbocycles. The summed E-state index contributed by atoms with van der Waals surface area (Å²) in [4.78, 5) is 17.7. The van der Waals surface area contributed by atoms with Gasteiger partial charge in [0.2, 0.25) is 0 Å². The molecule has 26 heavy (non-hydrogen) atoms. The second-order valence-electron chi connectivity index (χ2n) is 5.94. The number of amides is 1. The lowest BCUT2D eigenvalue weighted by atomic mass is 10.2. The number of carbonyl (C=O) groups is 1. The number of hydrogen-bond donors (Lipinski definition) is 0. The minimum atomic E-state index is -0.263. The highest BCUT2D eigenvalue weighted by Crippen LogP contribution is 2.30. The Bertz CT molecular complexity index is 1000. The van der Waals surface area contributed by atoms with Gasteiger partial charge in [-0.1, -0.05) is 24.3 Å². The number of benzene rings is 2. The van der Waals surface area contributed by atoms with E-state index in [2.05, 4.69) is 23.4 Å². The van der Waals surface area contributed by atoms with E-state index in [4.69, 9.17) is 9.47 Å². The standard InChI is InChI=1S/C20H22N2O3S/c1-5-12-22-17-16(25-4)11-6-13(2)18(17)26-20(22)21-19(23)14-7-9-15(24-3)10-8-14/h6-11H,5,12H2,1-4H3. The van der Waals surface area contributed by atoms with Crippen molar-refractivity contribution < 1.29 is 14.3 Å². The molecule has 2 aromatic carbocycles. The van der Waals surface area contributed by atoms with Crippen molar-refractivity contribution in [2.24, 2.45) is 4.99 Å². The summed E-state index contributed by atoms with van der Waals surface area (Å²) in [6.45, 7) is 4.94. The first-order valence-corrected chi connectivity index (χ1v) is 9.30. The third-order valence-electron chi connectivity index (χ3n) is 4.19. The van der Waals surface area contributed by atoms with Crippen LogP contribution in [0.25, 0.3) is 10.2 Å². The molecule has 0 bridgehead atoms. The van der Waals surface area contributed by atoms with E-state index < -0.39 is 0 Å². The van der Waals surface area contributed by atoms with E-state index in [-0.39, 0.29) is 5.91 Å². The van der Waals surface area contributed by atoms with E-state index >= 15 is 0 Å². The highest BCUT2D eigenvalue weighted by molar-refractivity contribution is 7.16. The molecule has 6 heteroatoms. The van der Waals surface area contributed by atoms with Crippen LogP contribution in [0.15, 0.2) is 41.4 Å². The van der Waals surface area contributed by atoms with E-state index in [0.717, 1.165) is 34.5 Å². The Morgan fingerprint density at radius 3 is 2.46 bits per heavy atom. The molecule has 1 aromatic heterocycles. The van der Waals surface area contributed by atoms with Gasteiger partial charge in [0, 0.05) is 12.1 Å². The fourth-order valence-electron chi connectivity index (χ4n) is 2.84. The van der Waals surface area contributed by atoms with Crippen molar-refractivity contribution in [3.63, 3.8) is 0 Å². The van der Waals surface area contributed by atoms with Crippen LogP contribution in [0.3, 0.4) is 0 Å². The van der Waals surface area contributed by atoms with Crippen molar-refractivity contribution >= 4 is 27.5 Å². The predicted molar refractivity (Wildman–Crippen MR) is 104 cm³/mol. The number of ether oxygens (including phenoxy) is 2. The molecule has 5 nitrogen and oxygen atoms in total. The molecule has 0 radical (unpaired) electrons. The van der Waals surface area contributed by atoms with Crippen molar-refractivity contribution in [3.8, 4) is 11.5 Å². The summed E-state index contributed by atoms with van der Waals surface area (Å²) in [6.07, 6.45) is 0.937. The van der Waals surface area contributed by atoms with E-state index in [0.29, 0.717) is 16.1 Å². The van der Waals surface area contributed by atoms with Crippen LogP contribution < -0.4 is 14.3 Å². The average molecular weight is 370 g/mol. The molecular weight excluding hydrogens is 348 g/mol. The van der Waals surface area contributed by atoms with Gasteiger partial charge in [-0.3, -0.25) is 4.79 Å². The lowest BCUT2D eigenvalue weighted by molar-refractivity contribution is 0.0997. The fourth-order valence-corrected chi connectivity index (χ4v) is 3.98. The zero-order valence-corrected chi connectivity index (χ0v) is 16.2. The van der Waals surface area contributed by atoms with Crippen molar-refractivity contribution in [2.45, 2.75) is 26.8 Å². The zero-order valence-electron chi connectivity index (χ0n) is 15.4. The van der Waals surface area contributed by atoms with Crippen LogP contribution in [0, 0.1) is 6.92 Å². The topological polar surface area (TPSA) is 52.8 Å². The van der Waals surface area contributed by atoms with E-state index in [9.17, 15) is 4.79 Å². The number of aromatic nitrogens is 1. The monoisotopic (exact) mass is 370 g/mol. The van der Waals surface area contributed by atoms with Gasteiger partial charge in [0.05, 0.1) is 18.9 Å². The number of carbonyl (C=O) groups excluding carboxylic acids is 1. The lowest BCUT2D eigenvalue weighted by Gasteiger charge is -2.08. The van der Waals surface area contributed by atoms with Gasteiger partial charge >= 0.3 is 0 Å². The van der Waals surface area contributed by atoms with E-state index in [1.165, 1.54) is 11.3 Å². The fraction of sp³-hybridized carbons (Fsp3) is 0.300. The van der Waals surface area contributed by atoms with Crippen LogP contribution in [0.2, 0.25) is 0 Å². The summed E-state index contributed by atoms with van der Waals surface area (Å²) >= 11 is 1.52. The highest BCUT2D eigenvalue weighted by atomic mass is 32.1. The summed E-state index contributed by atoms with van der Waals surface area (Å²) in [5.41, 5.74) is 2.68. The molecule has 3 aromatic rings. The SMILES string of the molecule is CCCn1c(=NC(=O)c2ccc(OC)cc2)sc2c(C)ccc(OC)c21. The molecule has 1 heterocycles. The van der Waals surface area contributed by atoms with E-state index in [1.807, 2.05) is 12.1 Å². The van der Waals surface area contributed by atoms with Gasteiger partial charge in [0.1, 0.15) is 17.0 Å². The number of nitrogens with zero attached hydrogens (tertiary/aromatic N) is 2. The molecule has 136 valence electrons. The van der Waals surface area contributed by atoms with Gasteiger partial charge in [-0.05, 0) is 49.2 Å². The molecule has 0 atom stereocenters. The highest BCUT2D eigenvalue weighted by Gasteiger charge is 2.14. The molecule has 0 N–H and O–H groups in total. The van der Waals surface area contributed by atoms with E-state index in [1.54, 1.807) is 38.5 Å². The second kappa shape index (κ2) is 7.74. The van der Waals surface area contributed by atoms with Crippen LogP contribution in [0.4, 0.5) is 0 Å². The molecule has 1 amide bonds. The third-order valence-corrected chi connectivity index (χ3v) is 5.40. The maximum atomic E-state index is 12.6. The summed E-state index contributed by atoms with van der Waals surface area (Å²) in [5, 5.41) is 0. The van der Waals surface area contributed by atoms with Crippen LogP contribution >= 0.6 is 11.3 Å². The van der Waals surface area contributed by atoms with Crippen molar-refractivity contribution in [2.75, 3.05) is 14.2 Å². The number of hydrogen-bond acceptors (Lipinski definition) is 4. The second-order valence-corrected chi connectivity index (χ2v) is 6.92. The summed E-state index contributed by atoms with van der Waals surface area (Å²) in [7, 11) is 3.26. The first kappa shape index (κ1) is 18.2. The molecule has 0 aliphatic carbocycles. The van der Waals surface area contributed by atoms with Crippen molar-refractivity contribution in [3.05, 3.63) is 52.3 Å². The molecular formula is C20H22N2O3S. The maximum absolute atomic E-state index is 12.6. The largest absolute Gasteiger partial charge is 0.497 e. The molecule has 0 unspecified atom stereocenters. The lowest BCUT2D eigenvalue weighted by Crippen LogP contribution is -2.17. The number of fused-ring (bicyclic) bond motifs is 1. The zero-order chi connectivity index (χ0) is 18.7. The normalized spacial score (nSPS) is 11.8. The van der Waals surface area contributed by atoms with Gasteiger partial charge in [0.25, 0.3) is 5.91 Å². The average Bonchev–Trinajstić information content (AvgIpc) is 3.02. The van der Waals surface area contributed by atoms with Crippen molar-refractivity contribution in [1.82, 2.24) is 4.57 Å². The van der Waals surface area contributed by atoms with Gasteiger partial charge in [-0.15, -0.1) is 0 Å². The Hall–Kier alpha value is -2.60. The minimum absolute atomic E-state index is 0.263. The molecule has 0 fully saturated rings. The molecule has 0 aliphatic rings. The number of methoxy groups -OCH3 is 2. The molecule has 0 aliphatic heterocycles. The van der Waals surface area contributed by atoms with Gasteiger partial charge in [0.15, 0.2) is 4.80 Å². The predicted octanol–water partition coefficient (Wildman–Crippen LogP) is 4.18. The molecule has 0 saturated heterocycles. The quantitative estimate of drug-likeness (QED) is 0.677. The van der Waals surface area contributed by atoms with Crippen LogP contribution in [0.5, 0.6) is 11.5 Å². The number of rotatable bonds is 5. The Balaban J connectivity index is 2.16. The Labute approximate surface area is 156 Å². The smallest absolute Gasteiger partial charge is 0.279 e.